The van der Waals surface area contributed by atoms with Crippen LogP contribution < -0.4 is 5.32 Å². The zero-order valence-electron chi connectivity index (χ0n) is 11.1. The number of carboxylic acids is 1. The first-order valence-corrected chi connectivity index (χ1v) is 6.89. The third kappa shape index (κ3) is 2.38. The van der Waals surface area contributed by atoms with E-state index in [4.69, 9.17) is 5.11 Å². The van der Waals surface area contributed by atoms with E-state index in [0.29, 0.717) is 11.6 Å². The number of aromatic nitrogens is 1. The fraction of sp³-hybridized carbons (Fsp3) is 0.500. The van der Waals surface area contributed by atoms with Gasteiger partial charge in [-0.2, -0.15) is 0 Å². The van der Waals surface area contributed by atoms with Gasteiger partial charge in [0.2, 0.25) is 0 Å². The summed E-state index contributed by atoms with van der Waals surface area (Å²) in [6.07, 6.45) is 4.64. The number of aromatic carboxylic acids is 1. The van der Waals surface area contributed by atoms with Gasteiger partial charge < -0.3 is 10.4 Å². The summed E-state index contributed by atoms with van der Waals surface area (Å²) in [6, 6.07) is 3.48. The van der Waals surface area contributed by atoms with E-state index < -0.39 is 5.97 Å². The lowest BCUT2D eigenvalue weighted by atomic mass is 10.1. The Balaban J connectivity index is 1.70. The molecule has 0 saturated carbocycles. The van der Waals surface area contributed by atoms with Crippen LogP contribution in [-0.4, -0.2) is 52.0 Å². The van der Waals surface area contributed by atoms with Gasteiger partial charge in [0.1, 0.15) is 5.69 Å². The van der Waals surface area contributed by atoms with Gasteiger partial charge in [0.15, 0.2) is 0 Å². The second kappa shape index (κ2) is 5.20. The third-order valence-electron chi connectivity index (χ3n) is 4.16. The summed E-state index contributed by atoms with van der Waals surface area (Å²) >= 11 is 0. The summed E-state index contributed by atoms with van der Waals surface area (Å²) < 4.78 is 0. The highest BCUT2D eigenvalue weighted by Crippen LogP contribution is 2.28. The largest absolute Gasteiger partial charge is 0.477 e. The van der Waals surface area contributed by atoms with Crippen molar-refractivity contribution >= 4 is 11.9 Å². The van der Waals surface area contributed by atoms with E-state index in [9.17, 15) is 9.59 Å². The van der Waals surface area contributed by atoms with Crippen molar-refractivity contribution in [3.8, 4) is 0 Å². The van der Waals surface area contributed by atoms with Crippen molar-refractivity contribution in [2.24, 2.45) is 0 Å². The van der Waals surface area contributed by atoms with Crippen LogP contribution in [-0.2, 0) is 0 Å². The van der Waals surface area contributed by atoms with Crippen LogP contribution in [0.15, 0.2) is 18.3 Å². The molecule has 0 aromatic carbocycles. The molecule has 2 fully saturated rings. The smallest absolute Gasteiger partial charge is 0.354 e. The number of nitrogens with zero attached hydrogens (tertiary/aromatic N) is 2. The number of hydrogen-bond donors (Lipinski definition) is 2. The Hall–Kier alpha value is -1.95. The number of rotatable bonds is 3. The molecule has 3 rings (SSSR count). The van der Waals surface area contributed by atoms with Crippen molar-refractivity contribution in [2.75, 3.05) is 13.1 Å². The first-order valence-electron chi connectivity index (χ1n) is 6.89. The number of carbonyl (C=O) groups excluding carboxylic acids is 1. The predicted octanol–water partition coefficient (Wildman–Crippen LogP) is 0.746. The van der Waals surface area contributed by atoms with E-state index in [1.165, 1.54) is 18.7 Å². The summed E-state index contributed by atoms with van der Waals surface area (Å²) in [5.74, 6) is -1.34. The molecule has 0 radical (unpaired) electrons. The van der Waals surface area contributed by atoms with Crippen LogP contribution in [0.3, 0.4) is 0 Å². The second-order valence-electron chi connectivity index (χ2n) is 5.35. The molecule has 2 N–H and O–H groups in total. The number of carbonyl (C=O) groups is 2. The molecule has 2 unspecified atom stereocenters. The minimum atomic E-state index is -1.12. The van der Waals surface area contributed by atoms with Gasteiger partial charge in [0.05, 0.1) is 0 Å². The molecule has 0 aliphatic carbocycles. The lowest BCUT2D eigenvalue weighted by Crippen LogP contribution is -2.42. The number of pyridine rings is 1. The van der Waals surface area contributed by atoms with Crippen molar-refractivity contribution in [1.29, 1.82) is 0 Å². The minimum absolute atomic E-state index is 0.105. The number of fused-ring (bicyclic) bond motifs is 1. The SMILES string of the molecule is O=C(NC1CCN2CCCC12)c1ccnc(C(=O)O)c1. The molecule has 2 aliphatic rings. The van der Waals surface area contributed by atoms with Gasteiger partial charge in [0, 0.05) is 30.4 Å². The van der Waals surface area contributed by atoms with Crippen molar-refractivity contribution in [2.45, 2.75) is 31.3 Å². The maximum absolute atomic E-state index is 12.2. The Kier molecular flexibility index (Phi) is 3.40. The Morgan fingerprint density at radius 2 is 2.20 bits per heavy atom. The van der Waals surface area contributed by atoms with E-state index in [-0.39, 0.29) is 17.6 Å². The Bertz CT molecular complexity index is 546. The standard InChI is InChI=1S/C14H17N3O3/c18-13(9-3-5-15-11(8-9)14(19)20)16-10-4-7-17-6-1-2-12(10)17/h3,5,8,10,12H,1-2,4,6-7H2,(H,16,18)(H,19,20). The van der Waals surface area contributed by atoms with Crippen LogP contribution in [0, 0.1) is 0 Å². The first kappa shape index (κ1) is 13.1. The van der Waals surface area contributed by atoms with Gasteiger partial charge in [-0.3, -0.25) is 9.69 Å². The molecule has 106 valence electrons. The summed E-state index contributed by atoms with van der Waals surface area (Å²) in [6.45, 7) is 2.15. The molecule has 1 amide bonds. The van der Waals surface area contributed by atoms with Crippen LogP contribution in [0.25, 0.3) is 0 Å². The highest BCUT2D eigenvalue weighted by Gasteiger charge is 2.37. The van der Waals surface area contributed by atoms with E-state index in [2.05, 4.69) is 15.2 Å². The molecule has 0 spiro atoms. The Labute approximate surface area is 116 Å². The van der Waals surface area contributed by atoms with Gasteiger partial charge in [-0.05, 0) is 37.9 Å². The topological polar surface area (TPSA) is 82.5 Å². The highest BCUT2D eigenvalue weighted by atomic mass is 16.4. The molecule has 2 aliphatic heterocycles. The molecule has 6 nitrogen and oxygen atoms in total. The van der Waals surface area contributed by atoms with E-state index >= 15 is 0 Å². The van der Waals surface area contributed by atoms with E-state index in [1.807, 2.05) is 0 Å². The zero-order valence-corrected chi connectivity index (χ0v) is 11.1. The predicted molar refractivity (Wildman–Crippen MR) is 71.7 cm³/mol. The van der Waals surface area contributed by atoms with Crippen LogP contribution in [0.4, 0.5) is 0 Å². The van der Waals surface area contributed by atoms with Gasteiger partial charge in [-0.15, -0.1) is 0 Å². The van der Waals surface area contributed by atoms with Crippen LogP contribution in [0.1, 0.15) is 40.1 Å². The second-order valence-corrected chi connectivity index (χ2v) is 5.35. The normalized spacial score (nSPS) is 25.4. The van der Waals surface area contributed by atoms with Gasteiger partial charge in [-0.1, -0.05) is 0 Å². The average molecular weight is 275 g/mol. The van der Waals surface area contributed by atoms with Crippen LogP contribution in [0.5, 0.6) is 0 Å². The quantitative estimate of drug-likeness (QED) is 0.850. The molecule has 0 bridgehead atoms. The van der Waals surface area contributed by atoms with Gasteiger partial charge in [0.25, 0.3) is 5.91 Å². The molecule has 2 saturated heterocycles. The zero-order chi connectivity index (χ0) is 14.1. The van der Waals surface area contributed by atoms with Crippen molar-refractivity contribution in [3.05, 3.63) is 29.6 Å². The first-order chi connectivity index (χ1) is 9.65. The maximum atomic E-state index is 12.2. The fourth-order valence-electron chi connectivity index (χ4n) is 3.19. The molecule has 2 atom stereocenters. The minimum Gasteiger partial charge on any atom is -0.477 e. The van der Waals surface area contributed by atoms with Crippen LogP contribution in [0.2, 0.25) is 0 Å². The third-order valence-corrected chi connectivity index (χ3v) is 4.16. The summed E-state index contributed by atoms with van der Waals surface area (Å²) in [7, 11) is 0. The molecule has 1 aromatic heterocycles. The van der Waals surface area contributed by atoms with E-state index in [1.54, 1.807) is 6.07 Å². The molecule has 6 heteroatoms. The monoisotopic (exact) mass is 275 g/mol. The lowest BCUT2D eigenvalue weighted by molar-refractivity contribution is 0.0690. The Morgan fingerprint density at radius 1 is 1.35 bits per heavy atom. The van der Waals surface area contributed by atoms with Gasteiger partial charge >= 0.3 is 5.97 Å². The average Bonchev–Trinajstić information content (AvgIpc) is 3.04. The Morgan fingerprint density at radius 3 is 3.00 bits per heavy atom. The van der Waals surface area contributed by atoms with Crippen molar-refractivity contribution in [1.82, 2.24) is 15.2 Å². The van der Waals surface area contributed by atoms with Crippen molar-refractivity contribution in [3.63, 3.8) is 0 Å². The number of amides is 1. The number of carboxylic acid groups (broad SMARTS) is 1. The molecular weight excluding hydrogens is 258 g/mol. The maximum Gasteiger partial charge on any atom is 0.354 e. The van der Waals surface area contributed by atoms with E-state index in [0.717, 1.165) is 25.9 Å². The fourth-order valence-corrected chi connectivity index (χ4v) is 3.19. The van der Waals surface area contributed by atoms with Crippen LogP contribution >= 0.6 is 0 Å². The molecule has 20 heavy (non-hydrogen) atoms. The summed E-state index contributed by atoms with van der Waals surface area (Å²) in [4.78, 5) is 29.2. The molecular formula is C14H17N3O3. The molecule has 1 aromatic rings. The lowest BCUT2D eigenvalue weighted by Gasteiger charge is -2.21. The number of nitrogens with one attached hydrogen (secondary N) is 1. The summed E-state index contributed by atoms with van der Waals surface area (Å²) in [5, 5.41) is 11.9. The molecule has 3 heterocycles. The van der Waals surface area contributed by atoms with Gasteiger partial charge in [-0.25, -0.2) is 9.78 Å². The number of hydrogen-bond acceptors (Lipinski definition) is 4. The van der Waals surface area contributed by atoms with Crippen molar-refractivity contribution < 1.29 is 14.7 Å². The highest BCUT2D eigenvalue weighted by molar-refractivity contribution is 5.96. The summed E-state index contributed by atoms with van der Waals surface area (Å²) in [5.41, 5.74) is 0.250.